The van der Waals surface area contributed by atoms with E-state index in [2.05, 4.69) is 26.7 Å². The zero-order valence-corrected chi connectivity index (χ0v) is 10.3. The van der Waals surface area contributed by atoms with Crippen molar-refractivity contribution in [2.24, 2.45) is 10.9 Å². The van der Waals surface area contributed by atoms with E-state index in [1.807, 2.05) is 0 Å². The predicted octanol–water partition coefficient (Wildman–Crippen LogP) is -0.557. The number of aromatic nitrogens is 4. The first-order valence-corrected chi connectivity index (χ1v) is 5.83. The first kappa shape index (κ1) is 13.4. The van der Waals surface area contributed by atoms with E-state index in [4.69, 9.17) is 10.2 Å². The highest BCUT2D eigenvalue weighted by atomic mass is 16.3. The van der Waals surface area contributed by atoms with Crippen molar-refractivity contribution in [3.8, 4) is 0 Å². The fraction of sp³-hybridized carbons (Fsp3) is 0.455. The molecule has 2 rings (SSSR count). The Labute approximate surface area is 108 Å². The molecule has 0 spiro atoms. The summed E-state index contributed by atoms with van der Waals surface area (Å²) in [6.07, 6.45) is 2.06. The number of fused-ring (bicyclic) bond motifs is 1. The fourth-order valence-electron chi connectivity index (χ4n) is 1.74. The van der Waals surface area contributed by atoms with E-state index in [1.165, 1.54) is 6.33 Å². The number of aryl methyl sites for hydroxylation is 1. The molecule has 0 aliphatic carbocycles. The Kier molecular flexibility index (Phi) is 4.03. The van der Waals surface area contributed by atoms with E-state index in [-0.39, 0.29) is 36.2 Å². The lowest BCUT2D eigenvalue weighted by Gasteiger charge is -2.10. The van der Waals surface area contributed by atoms with E-state index >= 15 is 0 Å². The minimum absolute atomic E-state index is 0.0867. The maximum absolute atomic E-state index is 11.7. The van der Waals surface area contributed by atoms with Crippen LogP contribution in [0.15, 0.2) is 16.1 Å². The SMILES string of the molecule is C=Nc1nc2c(ncn2CCC(CO)CO)c(=O)[nH]1. The number of aromatic amines is 1. The summed E-state index contributed by atoms with van der Waals surface area (Å²) in [4.78, 5) is 25.9. The van der Waals surface area contributed by atoms with Crippen molar-refractivity contribution < 1.29 is 10.2 Å². The van der Waals surface area contributed by atoms with Crippen molar-refractivity contribution in [2.45, 2.75) is 13.0 Å². The quantitative estimate of drug-likeness (QED) is 0.605. The van der Waals surface area contributed by atoms with Gasteiger partial charge in [-0.3, -0.25) is 9.78 Å². The molecule has 8 heteroatoms. The van der Waals surface area contributed by atoms with E-state index in [9.17, 15) is 4.79 Å². The summed E-state index contributed by atoms with van der Waals surface area (Å²) in [5.74, 6) is -0.0587. The first-order chi connectivity index (χ1) is 9.19. The number of nitrogens with zero attached hydrogens (tertiary/aromatic N) is 4. The van der Waals surface area contributed by atoms with E-state index in [1.54, 1.807) is 4.57 Å². The van der Waals surface area contributed by atoms with Crippen LogP contribution < -0.4 is 5.56 Å². The third-order valence-electron chi connectivity index (χ3n) is 2.91. The van der Waals surface area contributed by atoms with Crippen LogP contribution in [0.4, 0.5) is 5.95 Å². The van der Waals surface area contributed by atoms with Crippen LogP contribution in [0.3, 0.4) is 0 Å². The molecule has 0 atom stereocenters. The van der Waals surface area contributed by atoms with Crippen LogP contribution in [0.1, 0.15) is 6.42 Å². The number of hydrogen-bond acceptors (Lipinski definition) is 6. The van der Waals surface area contributed by atoms with Gasteiger partial charge >= 0.3 is 0 Å². The van der Waals surface area contributed by atoms with Gasteiger partial charge in [0.05, 0.1) is 6.33 Å². The molecule has 102 valence electrons. The minimum atomic E-state index is -0.369. The van der Waals surface area contributed by atoms with Gasteiger partial charge in [-0.2, -0.15) is 4.98 Å². The molecule has 0 saturated heterocycles. The number of aliphatic hydroxyl groups excluding tert-OH is 2. The van der Waals surface area contributed by atoms with Crippen LogP contribution in [-0.2, 0) is 6.54 Å². The maximum atomic E-state index is 11.7. The molecule has 0 aliphatic heterocycles. The van der Waals surface area contributed by atoms with Crippen molar-refractivity contribution in [3.63, 3.8) is 0 Å². The van der Waals surface area contributed by atoms with Crippen molar-refractivity contribution in [1.82, 2.24) is 19.5 Å². The zero-order valence-electron chi connectivity index (χ0n) is 10.3. The molecule has 19 heavy (non-hydrogen) atoms. The van der Waals surface area contributed by atoms with Crippen molar-refractivity contribution in [2.75, 3.05) is 13.2 Å². The highest BCUT2D eigenvalue weighted by Gasteiger charge is 2.11. The topological polar surface area (TPSA) is 116 Å². The van der Waals surface area contributed by atoms with E-state index in [0.29, 0.717) is 18.6 Å². The van der Waals surface area contributed by atoms with Gasteiger partial charge in [0.15, 0.2) is 11.2 Å². The monoisotopic (exact) mass is 265 g/mol. The number of hydrogen-bond donors (Lipinski definition) is 3. The molecule has 0 amide bonds. The molecule has 0 aliphatic rings. The number of H-pyrrole nitrogens is 1. The van der Waals surface area contributed by atoms with Crippen LogP contribution in [-0.4, -0.2) is 49.7 Å². The Morgan fingerprint density at radius 1 is 1.47 bits per heavy atom. The molecule has 0 aromatic carbocycles. The molecule has 0 saturated carbocycles. The number of aliphatic imine (C=N–C) groups is 1. The summed E-state index contributed by atoms with van der Waals surface area (Å²) in [6, 6.07) is 0. The molecule has 0 bridgehead atoms. The molecular weight excluding hydrogens is 250 g/mol. The van der Waals surface area contributed by atoms with Crippen LogP contribution in [0, 0.1) is 5.92 Å². The number of rotatable bonds is 6. The predicted molar refractivity (Wildman–Crippen MR) is 69.6 cm³/mol. The lowest BCUT2D eigenvalue weighted by Crippen LogP contribution is -2.14. The van der Waals surface area contributed by atoms with Gasteiger partial charge in [0.25, 0.3) is 5.56 Å². The standard InChI is InChI=1S/C11H15N5O3/c1-12-11-14-9-8(10(19)15-11)13-6-16(9)3-2-7(4-17)5-18/h6-7,17-18H,1-5H2,(H,14,15,19). The minimum Gasteiger partial charge on any atom is -0.396 e. The van der Waals surface area contributed by atoms with Gasteiger partial charge < -0.3 is 14.8 Å². The van der Waals surface area contributed by atoms with Gasteiger partial charge in [0.2, 0.25) is 5.95 Å². The Bertz CT molecular complexity index is 629. The largest absolute Gasteiger partial charge is 0.396 e. The molecule has 2 aromatic rings. The van der Waals surface area contributed by atoms with Gasteiger partial charge in [-0.1, -0.05) is 0 Å². The summed E-state index contributed by atoms with van der Waals surface area (Å²) in [5, 5.41) is 18.0. The average Bonchev–Trinajstić information content (AvgIpc) is 2.83. The third kappa shape index (κ3) is 2.69. The number of aliphatic hydroxyl groups is 2. The summed E-state index contributed by atoms with van der Waals surface area (Å²) in [6.45, 7) is 3.64. The molecule has 0 fully saturated rings. The van der Waals surface area contributed by atoms with Crippen LogP contribution in [0.5, 0.6) is 0 Å². The second-order valence-corrected chi connectivity index (χ2v) is 4.18. The van der Waals surface area contributed by atoms with Gasteiger partial charge in [0, 0.05) is 25.7 Å². The molecular formula is C11H15N5O3. The zero-order chi connectivity index (χ0) is 13.8. The average molecular weight is 265 g/mol. The van der Waals surface area contributed by atoms with E-state index < -0.39 is 0 Å². The third-order valence-corrected chi connectivity index (χ3v) is 2.91. The van der Waals surface area contributed by atoms with Crippen molar-refractivity contribution >= 4 is 23.8 Å². The van der Waals surface area contributed by atoms with E-state index in [0.717, 1.165) is 0 Å². The van der Waals surface area contributed by atoms with Gasteiger partial charge in [-0.15, -0.1) is 0 Å². The molecule has 8 nitrogen and oxygen atoms in total. The molecule has 0 radical (unpaired) electrons. The smallest absolute Gasteiger partial charge is 0.280 e. The molecule has 2 heterocycles. The Balaban J connectivity index is 2.31. The highest BCUT2D eigenvalue weighted by molar-refractivity contribution is 5.70. The lowest BCUT2D eigenvalue weighted by atomic mass is 10.1. The lowest BCUT2D eigenvalue weighted by molar-refractivity contribution is 0.140. The second-order valence-electron chi connectivity index (χ2n) is 4.18. The van der Waals surface area contributed by atoms with Crippen LogP contribution in [0.25, 0.3) is 11.2 Å². The molecule has 2 aromatic heterocycles. The number of imidazole rings is 1. The number of nitrogens with one attached hydrogen (secondary N) is 1. The molecule has 0 unspecified atom stereocenters. The van der Waals surface area contributed by atoms with Crippen molar-refractivity contribution in [3.05, 3.63) is 16.7 Å². The second kappa shape index (κ2) is 5.72. The summed E-state index contributed by atoms with van der Waals surface area (Å²) >= 11 is 0. The molecule has 3 N–H and O–H groups in total. The van der Waals surface area contributed by atoms with Gasteiger partial charge in [-0.25, -0.2) is 9.98 Å². The van der Waals surface area contributed by atoms with Gasteiger partial charge in [0.1, 0.15) is 0 Å². The van der Waals surface area contributed by atoms with Gasteiger partial charge in [-0.05, 0) is 13.1 Å². The van der Waals surface area contributed by atoms with Crippen molar-refractivity contribution in [1.29, 1.82) is 0 Å². The van der Waals surface area contributed by atoms with Crippen LogP contribution >= 0.6 is 0 Å². The summed E-state index contributed by atoms with van der Waals surface area (Å²) in [5.41, 5.74) is 0.282. The first-order valence-electron chi connectivity index (χ1n) is 5.83. The normalized spacial score (nSPS) is 11.3. The fourth-order valence-corrected chi connectivity index (χ4v) is 1.74. The van der Waals surface area contributed by atoms with Crippen LogP contribution in [0.2, 0.25) is 0 Å². The Hall–Kier alpha value is -2.06. The maximum Gasteiger partial charge on any atom is 0.280 e. The Morgan fingerprint density at radius 2 is 2.21 bits per heavy atom. The highest BCUT2D eigenvalue weighted by Crippen LogP contribution is 2.11. The summed E-state index contributed by atoms with van der Waals surface area (Å²) < 4.78 is 1.69. The summed E-state index contributed by atoms with van der Waals surface area (Å²) in [7, 11) is 0. The Morgan fingerprint density at radius 3 is 2.84 bits per heavy atom.